The third kappa shape index (κ3) is 1.40. The van der Waals surface area contributed by atoms with Crippen molar-refractivity contribution >= 4 is 22.4 Å². The Balaban J connectivity index is 2.14. The molecule has 0 unspecified atom stereocenters. The van der Waals surface area contributed by atoms with E-state index in [9.17, 15) is 0 Å². The zero-order chi connectivity index (χ0) is 7.52. The maximum atomic E-state index is 5.06. The molecule has 4 heteroatoms. The van der Waals surface area contributed by atoms with Gasteiger partial charge in [0.2, 0.25) is 0 Å². The Kier molecular flexibility index (Phi) is 1.61. The Labute approximate surface area is 67.7 Å². The molecule has 0 saturated carbocycles. The van der Waals surface area contributed by atoms with E-state index >= 15 is 0 Å². The van der Waals surface area contributed by atoms with Crippen molar-refractivity contribution in [2.75, 3.05) is 5.32 Å². The van der Waals surface area contributed by atoms with Crippen molar-refractivity contribution in [2.45, 2.75) is 0 Å². The lowest BCUT2D eigenvalue weighted by atomic mass is 10.6. The maximum Gasteiger partial charge on any atom is 0.198 e. The van der Waals surface area contributed by atoms with Gasteiger partial charge in [-0.05, 0) is 6.07 Å². The van der Waals surface area contributed by atoms with Gasteiger partial charge in [0.05, 0.1) is 6.26 Å². The van der Waals surface area contributed by atoms with Crippen molar-refractivity contribution in [1.82, 2.24) is 4.98 Å². The van der Waals surface area contributed by atoms with Gasteiger partial charge in [0.15, 0.2) is 11.0 Å². The summed E-state index contributed by atoms with van der Waals surface area (Å²) in [5, 5.41) is 5.76. The Morgan fingerprint density at radius 2 is 2.55 bits per heavy atom. The van der Waals surface area contributed by atoms with Crippen molar-refractivity contribution < 1.29 is 4.42 Å². The van der Waals surface area contributed by atoms with Gasteiger partial charge in [0.25, 0.3) is 0 Å². The largest absolute Gasteiger partial charge is 0.449 e. The van der Waals surface area contributed by atoms with Crippen LogP contribution in [0.15, 0.2) is 34.4 Å². The summed E-state index contributed by atoms with van der Waals surface area (Å²) < 4.78 is 5.06. The minimum atomic E-state index is 0.722. The molecule has 0 atom stereocenters. The van der Waals surface area contributed by atoms with Crippen LogP contribution in [-0.2, 0) is 0 Å². The smallest absolute Gasteiger partial charge is 0.198 e. The fourth-order valence-electron chi connectivity index (χ4n) is 0.740. The van der Waals surface area contributed by atoms with E-state index in [1.54, 1.807) is 12.5 Å². The number of hydrogen-bond donors (Lipinski definition) is 1. The minimum absolute atomic E-state index is 0.722. The predicted molar refractivity (Wildman–Crippen MR) is 44.1 cm³/mol. The monoisotopic (exact) mass is 166 g/mol. The highest BCUT2D eigenvalue weighted by Gasteiger charge is 1.96. The summed E-state index contributed by atoms with van der Waals surface area (Å²) in [7, 11) is 0. The van der Waals surface area contributed by atoms with Gasteiger partial charge >= 0.3 is 0 Å². The second-order valence-corrected chi connectivity index (χ2v) is 2.83. The van der Waals surface area contributed by atoms with Gasteiger partial charge in [-0.25, -0.2) is 4.98 Å². The van der Waals surface area contributed by atoms with Crippen LogP contribution in [0.4, 0.5) is 11.0 Å². The van der Waals surface area contributed by atoms with E-state index in [1.807, 2.05) is 17.5 Å². The molecule has 0 bridgehead atoms. The van der Waals surface area contributed by atoms with Gasteiger partial charge in [-0.2, -0.15) is 0 Å². The van der Waals surface area contributed by atoms with Gasteiger partial charge in [0, 0.05) is 17.6 Å². The number of thiazole rings is 1. The van der Waals surface area contributed by atoms with Crippen molar-refractivity contribution in [3.05, 3.63) is 30.0 Å². The number of hydrogen-bond acceptors (Lipinski definition) is 4. The fourth-order valence-corrected chi connectivity index (χ4v) is 1.27. The molecule has 0 aliphatic heterocycles. The first kappa shape index (κ1) is 6.42. The Hall–Kier alpha value is -1.29. The number of aromatic nitrogens is 1. The molecule has 0 fully saturated rings. The summed E-state index contributed by atoms with van der Waals surface area (Å²) in [6, 6.07) is 3.68. The summed E-state index contributed by atoms with van der Waals surface area (Å²) in [4.78, 5) is 4.04. The molecule has 2 rings (SSSR count). The molecule has 1 N–H and O–H groups in total. The van der Waals surface area contributed by atoms with Gasteiger partial charge in [0.1, 0.15) is 0 Å². The molecule has 11 heavy (non-hydrogen) atoms. The first-order valence-corrected chi connectivity index (χ1v) is 4.03. The number of nitrogens with one attached hydrogen (secondary N) is 1. The van der Waals surface area contributed by atoms with Crippen LogP contribution in [0.1, 0.15) is 0 Å². The van der Waals surface area contributed by atoms with Crippen LogP contribution in [0.25, 0.3) is 0 Å². The molecule has 0 aromatic carbocycles. The van der Waals surface area contributed by atoms with Crippen LogP contribution in [0.2, 0.25) is 0 Å². The van der Waals surface area contributed by atoms with Crippen LogP contribution >= 0.6 is 11.3 Å². The standard InChI is InChI=1S/C7H6N2OS/c1-2-6(10-4-1)9-7-8-3-5-11-7/h1-5H,(H,8,9). The molecular formula is C7H6N2OS. The number of rotatable bonds is 2. The highest BCUT2D eigenvalue weighted by molar-refractivity contribution is 7.13. The molecular weight excluding hydrogens is 160 g/mol. The average Bonchev–Trinajstić information content (AvgIpc) is 2.60. The van der Waals surface area contributed by atoms with Crippen LogP contribution in [0, 0.1) is 0 Å². The molecule has 2 heterocycles. The highest BCUT2D eigenvalue weighted by atomic mass is 32.1. The van der Waals surface area contributed by atoms with E-state index in [2.05, 4.69) is 10.3 Å². The predicted octanol–water partition coefficient (Wildman–Crippen LogP) is 2.48. The first-order valence-electron chi connectivity index (χ1n) is 3.15. The van der Waals surface area contributed by atoms with Crippen molar-refractivity contribution in [2.24, 2.45) is 0 Å². The summed E-state index contributed by atoms with van der Waals surface area (Å²) in [6.45, 7) is 0. The molecule has 56 valence electrons. The second kappa shape index (κ2) is 2.75. The van der Waals surface area contributed by atoms with Crippen molar-refractivity contribution in [3.8, 4) is 0 Å². The lowest BCUT2D eigenvalue weighted by molar-refractivity contribution is 0.585. The summed E-state index contributed by atoms with van der Waals surface area (Å²) >= 11 is 1.54. The summed E-state index contributed by atoms with van der Waals surface area (Å²) in [5.74, 6) is 0.722. The minimum Gasteiger partial charge on any atom is -0.449 e. The quantitative estimate of drug-likeness (QED) is 0.744. The molecule has 0 radical (unpaired) electrons. The van der Waals surface area contributed by atoms with Crippen LogP contribution in [0.3, 0.4) is 0 Å². The molecule has 2 aromatic rings. The molecule has 0 aliphatic rings. The van der Waals surface area contributed by atoms with E-state index in [4.69, 9.17) is 4.42 Å². The lowest BCUT2D eigenvalue weighted by Gasteiger charge is -1.93. The molecule has 2 aromatic heterocycles. The summed E-state index contributed by atoms with van der Waals surface area (Å²) in [5.41, 5.74) is 0. The number of nitrogens with zero attached hydrogens (tertiary/aromatic N) is 1. The topological polar surface area (TPSA) is 38.1 Å². The third-order valence-electron chi connectivity index (χ3n) is 1.18. The zero-order valence-corrected chi connectivity index (χ0v) is 6.47. The normalized spacial score (nSPS) is 9.82. The second-order valence-electron chi connectivity index (χ2n) is 1.94. The van der Waals surface area contributed by atoms with E-state index in [0.717, 1.165) is 11.0 Å². The van der Waals surface area contributed by atoms with Crippen LogP contribution in [0.5, 0.6) is 0 Å². The van der Waals surface area contributed by atoms with E-state index in [0.29, 0.717) is 0 Å². The Morgan fingerprint density at radius 3 is 3.18 bits per heavy atom. The lowest BCUT2D eigenvalue weighted by Crippen LogP contribution is -1.84. The third-order valence-corrected chi connectivity index (χ3v) is 1.87. The van der Waals surface area contributed by atoms with E-state index in [-0.39, 0.29) is 0 Å². The Bertz CT molecular complexity index is 269. The molecule has 0 aliphatic carbocycles. The first-order chi connectivity index (χ1) is 5.45. The van der Waals surface area contributed by atoms with Crippen LogP contribution in [-0.4, -0.2) is 4.98 Å². The van der Waals surface area contributed by atoms with Crippen molar-refractivity contribution in [3.63, 3.8) is 0 Å². The Morgan fingerprint density at radius 1 is 1.55 bits per heavy atom. The number of anilines is 2. The maximum absolute atomic E-state index is 5.06. The molecule has 3 nitrogen and oxygen atoms in total. The molecule has 0 amide bonds. The fraction of sp³-hybridized carbons (Fsp3) is 0. The van der Waals surface area contributed by atoms with Gasteiger partial charge in [-0.3, -0.25) is 0 Å². The number of furan rings is 1. The van der Waals surface area contributed by atoms with Crippen molar-refractivity contribution in [1.29, 1.82) is 0 Å². The summed E-state index contributed by atoms with van der Waals surface area (Å²) in [6.07, 6.45) is 3.37. The van der Waals surface area contributed by atoms with Gasteiger partial charge < -0.3 is 9.73 Å². The van der Waals surface area contributed by atoms with E-state index < -0.39 is 0 Å². The van der Waals surface area contributed by atoms with Gasteiger partial charge in [-0.15, -0.1) is 11.3 Å². The van der Waals surface area contributed by atoms with E-state index in [1.165, 1.54) is 11.3 Å². The molecule has 0 spiro atoms. The average molecular weight is 166 g/mol. The van der Waals surface area contributed by atoms with Crippen LogP contribution < -0.4 is 5.32 Å². The van der Waals surface area contributed by atoms with Gasteiger partial charge in [-0.1, -0.05) is 0 Å². The molecule has 0 saturated heterocycles. The zero-order valence-electron chi connectivity index (χ0n) is 5.65. The highest BCUT2D eigenvalue weighted by Crippen LogP contribution is 2.17. The SMILES string of the molecule is c1coc(Nc2nccs2)c1.